The third kappa shape index (κ3) is 3.15. The molecule has 1 aromatic heterocycles. The molecule has 2 rings (SSSR count). The van der Waals surface area contributed by atoms with E-state index in [4.69, 9.17) is 5.11 Å². The van der Waals surface area contributed by atoms with Crippen molar-refractivity contribution in [2.75, 3.05) is 24.4 Å². The number of anilines is 1. The van der Waals surface area contributed by atoms with Crippen LogP contribution in [0.15, 0.2) is 11.6 Å². The van der Waals surface area contributed by atoms with Gasteiger partial charge in [-0.1, -0.05) is 0 Å². The number of nitrogens with one attached hydrogen (secondary N) is 1. The summed E-state index contributed by atoms with van der Waals surface area (Å²) in [5.41, 5.74) is 0. The summed E-state index contributed by atoms with van der Waals surface area (Å²) in [5.74, 6) is 0.0385. The van der Waals surface area contributed by atoms with Crippen molar-refractivity contribution in [3.05, 3.63) is 11.6 Å². The number of thiazole rings is 1. The number of aliphatic hydroxyl groups excluding tert-OH is 1. The molecule has 1 aliphatic rings. The molecule has 0 aromatic carbocycles. The monoisotopic (exact) mass is 277 g/mol. The fourth-order valence-corrected chi connectivity index (χ4v) is 3.90. The molecule has 2 N–H and O–H groups in total. The number of hydrogen-bond donors (Lipinski definition) is 2. The Morgan fingerprint density at radius 3 is 3.12 bits per heavy atom. The third-order valence-electron chi connectivity index (χ3n) is 2.73. The average molecular weight is 277 g/mol. The van der Waals surface area contributed by atoms with Crippen molar-refractivity contribution in [2.24, 2.45) is 5.92 Å². The van der Waals surface area contributed by atoms with Crippen LogP contribution in [0.5, 0.6) is 0 Å². The van der Waals surface area contributed by atoms with Crippen molar-refractivity contribution >= 4 is 26.7 Å². The molecule has 8 heteroatoms. The van der Waals surface area contributed by atoms with Gasteiger partial charge in [0, 0.05) is 31.3 Å². The van der Waals surface area contributed by atoms with E-state index in [1.54, 1.807) is 11.6 Å². The van der Waals surface area contributed by atoms with Crippen LogP contribution in [0.2, 0.25) is 0 Å². The fraction of sp³-hybridized carbons (Fsp3) is 0.667. The molecule has 96 valence electrons. The van der Waals surface area contributed by atoms with Crippen molar-refractivity contribution in [1.29, 1.82) is 0 Å². The van der Waals surface area contributed by atoms with E-state index in [-0.39, 0.29) is 12.5 Å². The van der Waals surface area contributed by atoms with E-state index >= 15 is 0 Å². The highest BCUT2D eigenvalue weighted by atomic mass is 32.2. The Kier molecular flexibility index (Phi) is 3.97. The molecule has 1 unspecified atom stereocenters. The van der Waals surface area contributed by atoms with E-state index in [0.717, 1.165) is 12.8 Å². The molecule has 17 heavy (non-hydrogen) atoms. The predicted molar refractivity (Wildman–Crippen MR) is 66.0 cm³/mol. The van der Waals surface area contributed by atoms with Gasteiger partial charge in [-0.25, -0.2) is 9.71 Å². The maximum absolute atomic E-state index is 12.0. The van der Waals surface area contributed by atoms with Gasteiger partial charge in [0.25, 0.3) is 0 Å². The second-order valence-corrected chi connectivity index (χ2v) is 6.56. The Labute approximate surface area is 104 Å². The van der Waals surface area contributed by atoms with Crippen LogP contribution in [0.25, 0.3) is 0 Å². The van der Waals surface area contributed by atoms with Crippen molar-refractivity contribution in [3.63, 3.8) is 0 Å². The van der Waals surface area contributed by atoms with Crippen LogP contribution in [-0.2, 0) is 10.2 Å². The van der Waals surface area contributed by atoms with Crippen LogP contribution in [0.1, 0.15) is 12.8 Å². The van der Waals surface area contributed by atoms with Crippen molar-refractivity contribution in [2.45, 2.75) is 12.8 Å². The largest absolute Gasteiger partial charge is 0.396 e. The second-order valence-electron chi connectivity index (χ2n) is 3.99. The van der Waals surface area contributed by atoms with Crippen molar-refractivity contribution < 1.29 is 13.5 Å². The highest BCUT2D eigenvalue weighted by Crippen LogP contribution is 2.21. The van der Waals surface area contributed by atoms with E-state index < -0.39 is 10.2 Å². The number of aliphatic hydroxyl groups is 1. The van der Waals surface area contributed by atoms with Gasteiger partial charge in [-0.2, -0.15) is 12.7 Å². The van der Waals surface area contributed by atoms with Gasteiger partial charge >= 0.3 is 10.2 Å². The molecule has 0 radical (unpaired) electrons. The number of hydrogen-bond acceptors (Lipinski definition) is 5. The zero-order chi connectivity index (χ0) is 12.3. The van der Waals surface area contributed by atoms with Gasteiger partial charge in [-0.05, 0) is 18.8 Å². The van der Waals surface area contributed by atoms with Gasteiger partial charge < -0.3 is 5.11 Å². The Morgan fingerprint density at radius 1 is 1.65 bits per heavy atom. The Morgan fingerprint density at radius 2 is 2.47 bits per heavy atom. The molecule has 1 saturated heterocycles. The lowest BCUT2D eigenvalue weighted by Crippen LogP contribution is -2.43. The summed E-state index contributed by atoms with van der Waals surface area (Å²) in [6.45, 7) is 0.900. The lowest BCUT2D eigenvalue weighted by molar-refractivity contribution is 0.166. The van der Waals surface area contributed by atoms with E-state index in [0.29, 0.717) is 18.2 Å². The first-order valence-electron chi connectivity index (χ1n) is 5.40. The van der Waals surface area contributed by atoms with Gasteiger partial charge in [-0.3, -0.25) is 0 Å². The number of rotatable bonds is 4. The molecule has 0 saturated carbocycles. The average Bonchev–Trinajstić information content (AvgIpc) is 2.81. The number of nitrogens with zero attached hydrogens (tertiary/aromatic N) is 2. The summed E-state index contributed by atoms with van der Waals surface area (Å²) in [6, 6.07) is 0. The normalized spacial score (nSPS) is 22.5. The molecule has 0 amide bonds. The van der Waals surface area contributed by atoms with E-state index in [2.05, 4.69) is 9.71 Å². The molecule has 0 spiro atoms. The smallest absolute Gasteiger partial charge is 0.303 e. The summed E-state index contributed by atoms with van der Waals surface area (Å²) >= 11 is 1.24. The molecule has 1 fully saturated rings. The Balaban J connectivity index is 2.04. The molecule has 6 nitrogen and oxygen atoms in total. The Bertz CT molecular complexity index is 446. The minimum Gasteiger partial charge on any atom is -0.396 e. The highest BCUT2D eigenvalue weighted by Gasteiger charge is 2.28. The maximum Gasteiger partial charge on any atom is 0.303 e. The summed E-state index contributed by atoms with van der Waals surface area (Å²) < 4.78 is 27.8. The van der Waals surface area contributed by atoms with E-state index in [1.807, 2.05) is 0 Å². The summed E-state index contributed by atoms with van der Waals surface area (Å²) in [6.07, 6.45) is 3.21. The van der Waals surface area contributed by atoms with E-state index in [1.165, 1.54) is 15.6 Å². The van der Waals surface area contributed by atoms with Crippen LogP contribution in [-0.4, -0.2) is 42.5 Å². The summed E-state index contributed by atoms with van der Waals surface area (Å²) in [7, 11) is -3.53. The minimum atomic E-state index is -3.53. The first-order chi connectivity index (χ1) is 8.12. The summed E-state index contributed by atoms with van der Waals surface area (Å²) in [5, 5.41) is 11.2. The third-order valence-corrected chi connectivity index (χ3v) is 5.01. The van der Waals surface area contributed by atoms with Crippen LogP contribution in [0, 0.1) is 5.92 Å². The lowest BCUT2D eigenvalue weighted by Gasteiger charge is -2.30. The molecule has 1 aliphatic heterocycles. The van der Waals surface area contributed by atoms with Crippen molar-refractivity contribution in [1.82, 2.24) is 9.29 Å². The number of piperidine rings is 1. The summed E-state index contributed by atoms with van der Waals surface area (Å²) in [4.78, 5) is 3.89. The Hall–Kier alpha value is -0.700. The van der Waals surface area contributed by atoms with Gasteiger partial charge in [0.15, 0.2) is 5.13 Å². The van der Waals surface area contributed by atoms with Crippen LogP contribution in [0.3, 0.4) is 0 Å². The lowest BCUT2D eigenvalue weighted by atomic mass is 10.0. The van der Waals surface area contributed by atoms with E-state index in [9.17, 15) is 8.42 Å². The standard InChI is InChI=1S/C9H15N3O3S2/c13-7-8-2-1-4-12(6-8)17(14,15)11-9-10-3-5-16-9/h3,5,8,13H,1-2,4,6-7H2,(H,10,11). The van der Waals surface area contributed by atoms with Gasteiger partial charge in [-0.15, -0.1) is 11.3 Å². The maximum atomic E-state index is 12.0. The SMILES string of the molecule is O=S(=O)(Nc1nccs1)N1CCCC(CO)C1. The second kappa shape index (κ2) is 5.30. The zero-order valence-electron chi connectivity index (χ0n) is 9.24. The van der Waals surface area contributed by atoms with Crippen molar-refractivity contribution in [3.8, 4) is 0 Å². The molecule has 1 aromatic rings. The molecule has 0 aliphatic carbocycles. The highest BCUT2D eigenvalue weighted by molar-refractivity contribution is 7.90. The molecule has 1 atom stereocenters. The van der Waals surface area contributed by atoms with Gasteiger partial charge in [0.1, 0.15) is 0 Å². The first-order valence-corrected chi connectivity index (χ1v) is 7.72. The predicted octanol–water partition coefficient (Wildman–Crippen LogP) is 0.504. The topological polar surface area (TPSA) is 82.5 Å². The molecule has 0 bridgehead atoms. The quantitative estimate of drug-likeness (QED) is 0.840. The molecular formula is C9H15N3O3S2. The van der Waals surface area contributed by atoms with Crippen LogP contribution in [0.4, 0.5) is 5.13 Å². The molecular weight excluding hydrogens is 262 g/mol. The first kappa shape index (κ1) is 12.7. The van der Waals surface area contributed by atoms with Gasteiger partial charge in [0.2, 0.25) is 0 Å². The molecule has 2 heterocycles. The minimum absolute atomic E-state index is 0.0310. The van der Waals surface area contributed by atoms with Crippen LogP contribution < -0.4 is 4.72 Å². The zero-order valence-corrected chi connectivity index (χ0v) is 10.9. The number of aromatic nitrogens is 1. The fourth-order valence-electron chi connectivity index (χ4n) is 1.84. The van der Waals surface area contributed by atoms with Crippen LogP contribution >= 0.6 is 11.3 Å². The van der Waals surface area contributed by atoms with Gasteiger partial charge in [0.05, 0.1) is 0 Å².